The molecule has 17 heavy (non-hydrogen) atoms. The summed E-state index contributed by atoms with van der Waals surface area (Å²) in [6.07, 6.45) is 4.11. The third-order valence-electron chi connectivity index (χ3n) is 2.76. The second-order valence-corrected chi connectivity index (χ2v) is 4.65. The highest BCUT2D eigenvalue weighted by Crippen LogP contribution is 2.09. The van der Waals surface area contributed by atoms with E-state index in [0.29, 0.717) is 6.54 Å². The van der Waals surface area contributed by atoms with Crippen molar-refractivity contribution in [2.75, 3.05) is 27.2 Å². The Balaban J connectivity index is 2.63. The highest BCUT2D eigenvalue weighted by molar-refractivity contribution is 5.10. The molecular formula is C12H25N5. The molecule has 0 aliphatic heterocycles. The molecule has 1 aromatic rings. The fraction of sp³-hybridized carbons (Fsp3) is 0.833. The zero-order valence-electron chi connectivity index (χ0n) is 11.3. The first-order chi connectivity index (χ1) is 8.19. The molecular weight excluding hydrogens is 214 g/mol. The van der Waals surface area contributed by atoms with Crippen LogP contribution < -0.4 is 5.73 Å². The van der Waals surface area contributed by atoms with Crippen LogP contribution in [0.3, 0.4) is 0 Å². The van der Waals surface area contributed by atoms with Crippen molar-refractivity contribution in [1.29, 1.82) is 0 Å². The van der Waals surface area contributed by atoms with Gasteiger partial charge in [0.05, 0.1) is 11.4 Å². The summed E-state index contributed by atoms with van der Waals surface area (Å²) in [5.41, 5.74) is 7.95. The zero-order chi connectivity index (χ0) is 12.7. The van der Waals surface area contributed by atoms with E-state index in [-0.39, 0.29) is 0 Å². The van der Waals surface area contributed by atoms with Gasteiger partial charge in [-0.3, -0.25) is 0 Å². The van der Waals surface area contributed by atoms with E-state index in [1.165, 1.54) is 5.69 Å². The number of nitrogens with zero attached hydrogens (tertiary/aromatic N) is 4. The van der Waals surface area contributed by atoms with Gasteiger partial charge in [-0.05, 0) is 40.0 Å². The van der Waals surface area contributed by atoms with Crippen molar-refractivity contribution in [1.82, 2.24) is 19.9 Å². The highest BCUT2D eigenvalue weighted by atomic mass is 15.4. The van der Waals surface area contributed by atoms with Crippen molar-refractivity contribution >= 4 is 0 Å². The van der Waals surface area contributed by atoms with E-state index in [1.54, 1.807) is 0 Å². The van der Waals surface area contributed by atoms with Crippen molar-refractivity contribution in [3.63, 3.8) is 0 Å². The Hall–Kier alpha value is -0.940. The molecule has 5 heteroatoms. The van der Waals surface area contributed by atoms with Crippen LogP contribution in [0.2, 0.25) is 0 Å². The number of hydrogen-bond acceptors (Lipinski definition) is 4. The van der Waals surface area contributed by atoms with Crippen molar-refractivity contribution < 1.29 is 0 Å². The highest BCUT2D eigenvalue weighted by Gasteiger charge is 2.10. The molecule has 0 atom stereocenters. The van der Waals surface area contributed by atoms with Crippen LogP contribution in [-0.2, 0) is 19.4 Å². The topological polar surface area (TPSA) is 60.0 Å². The van der Waals surface area contributed by atoms with Gasteiger partial charge < -0.3 is 10.6 Å². The number of rotatable bonds is 8. The third-order valence-corrected chi connectivity index (χ3v) is 2.76. The fourth-order valence-corrected chi connectivity index (χ4v) is 1.93. The molecule has 5 nitrogen and oxygen atoms in total. The molecule has 0 aliphatic rings. The van der Waals surface area contributed by atoms with Gasteiger partial charge in [-0.25, -0.2) is 4.68 Å². The minimum absolute atomic E-state index is 0.646. The second-order valence-electron chi connectivity index (χ2n) is 4.65. The molecule has 0 fully saturated rings. The summed E-state index contributed by atoms with van der Waals surface area (Å²) in [6, 6.07) is 0. The van der Waals surface area contributed by atoms with Crippen molar-refractivity contribution in [3.8, 4) is 0 Å². The summed E-state index contributed by atoms with van der Waals surface area (Å²) in [5.74, 6) is 0. The Kier molecular flexibility index (Phi) is 6.15. The van der Waals surface area contributed by atoms with Crippen LogP contribution in [-0.4, -0.2) is 47.1 Å². The largest absolute Gasteiger partial charge is 0.330 e. The number of aromatic nitrogens is 3. The normalized spacial score (nSPS) is 11.4. The Morgan fingerprint density at radius 3 is 2.65 bits per heavy atom. The predicted molar refractivity (Wildman–Crippen MR) is 69.9 cm³/mol. The van der Waals surface area contributed by atoms with Gasteiger partial charge in [0.25, 0.3) is 0 Å². The molecule has 1 rings (SSSR count). The molecule has 0 aliphatic carbocycles. The van der Waals surface area contributed by atoms with Crippen LogP contribution in [0.1, 0.15) is 31.2 Å². The quantitative estimate of drug-likeness (QED) is 0.725. The number of hydrogen-bond donors (Lipinski definition) is 1. The minimum atomic E-state index is 0.646. The smallest absolute Gasteiger partial charge is 0.0871 e. The predicted octanol–water partition coefficient (Wildman–Crippen LogP) is 0.684. The maximum Gasteiger partial charge on any atom is 0.0871 e. The summed E-state index contributed by atoms with van der Waals surface area (Å²) in [4.78, 5) is 2.19. The van der Waals surface area contributed by atoms with E-state index < -0.39 is 0 Å². The molecule has 0 aromatic carbocycles. The van der Waals surface area contributed by atoms with Crippen LogP contribution in [0, 0.1) is 0 Å². The Morgan fingerprint density at radius 2 is 2.06 bits per heavy atom. The second kappa shape index (κ2) is 7.40. The lowest BCUT2D eigenvalue weighted by Crippen LogP contribution is -2.16. The van der Waals surface area contributed by atoms with Gasteiger partial charge in [0.2, 0.25) is 0 Å². The van der Waals surface area contributed by atoms with Crippen molar-refractivity contribution in [2.24, 2.45) is 5.73 Å². The van der Waals surface area contributed by atoms with Crippen LogP contribution >= 0.6 is 0 Å². The summed E-state index contributed by atoms with van der Waals surface area (Å²) >= 11 is 0. The molecule has 98 valence electrons. The summed E-state index contributed by atoms with van der Waals surface area (Å²) in [5, 5.41) is 8.48. The Bertz CT molecular complexity index is 319. The number of aryl methyl sites for hydroxylation is 1. The molecule has 0 saturated heterocycles. The van der Waals surface area contributed by atoms with Crippen LogP contribution in [0.25, 0.3) is 0 Å². The van der Waals surface area contributed by atoms with E-state index in [0.717, 1.165) is 44.5 Å². The van der Waals surface area contributed by atoms with Gasteiger partial charge in [0, 0.05) is 13.0 Å². The van der Waals surface area contributed by atoms with Gasteiger partial charge >= 0.3 is 0 Å². The minimum Gasteiger partial charge on any atom is -0.330 e. The lowest BCUT2D eigenvalue weighted by atomic mass is 10.1. The molecule has 0 saturated carbocycles. The van der Waals surface area contributed by atoms with Crippen LogP contribution in [0.4, 0.5) is 0 Å². The lowest BCUT2D eigenvalue weighted by Gasteiger charge is -2.10. The van der Waals surface area contributed by atoms with E-state index >= 15 is 0 Å². The molecule has 0 bridgehead atoms. The van der Waals surface area contributed by atoms with E-state index in [9.17, 15) is 0 Å². The molecule has 0 unspecified atom stereocenters. The van der Waals surface area contributed by atoms with Gasteiger partial charge in [-0.15, -0.1) is 5.10 Å². The van der Waals surface area contributed by atoms with Gasteiger partial charge in [0.1, 0.15) is 0 Å². The average molecular weight is 239 g/mol. The van der Waals surface area contributed by atoms with E-state index in [4.69, 9.17) is 5.73 Å². The monoisotopic (exact) mass is 239 g/mol. The molecule has 1 aromatic heterocycles. The van der Waals surface area contributed by atoms with Gasteiger partial charge in [-0.2, -0.15) is 0 Å². The Morgan fingerprint density at radius 1 is 1.29 bits per heavy atom. The first kappa shape index (κ1) is 14.1. The van der Waals surface area contributed by atoms with E-state index in [2.05, 4.69) is 40.9 Å². The maximum atomic E-state index is 5.59. The maximum absolute atomic E-state index is 5.59. The molecule has 0 amide bonds. The van der Waals surface area contributed by atoms with Gasteiger partial charge in [-0.1, -0.05) is 18.6 Å². The summed E-state index contributed by atoms with van der Waals surface area (Å²) in [6.45, 7) is 4.86. The SMILES string of the molecule is CCCc1c(CCN)nnn1CCCN(C)C. The summed E-state index contributed by atoms with van der Waals surface area (Å²) in [7, 11) is 4.18. The molecule has 0 radical (unpaired) electrons. The Labute approximate surface area is 104 Å². The van der Waals surface area contributed by atoms with Crippen LogP contribution in [0.15, 0.2) is 0 Å². The number of nitrogens with two attached hydrogens (primary N) is 1. The van der Waals surface area contributed by atoms with Crippen molar-refractivity contribution in [2.45, 2.75) is 39.2 Å². The zero-order valence-corrected chi connectivity index (χ0v) is 11.3. The lowest BCUT2D eigenvalue weighted by molar-refractivity contribution is 0.376. The third kappa shape index (κ3) is 4.44. The standard InChI is InChI=1S/C12H25N5/c1-4-6-12-11(7-8-13)14-15-17(12)10-5-9-16(2)3/h4-10,13H2,1-3H3. The summed E-state index contributed by atoms with van der Waals surface area (Å²) < 4.78 is 2.05. The average Bonchev–Trinajstić information content (AvgIpc) is 2.63. The molecule has 1 heterocycles. The van der Waals surface area contributed by atoms with Crippen LogP contribution in [0.5, 0.6) is 0 Å². The fourth-order valence-electron chi connectivity index (χ4n) is 1.93. The molecule has 0 spiro atoms. The van der Waals surface area contributed by atoms with Gasteiger partial charge in [0.15, 0.2) is 0 Å². The van der Waals surface area contributed by atoms with E-state index in [1.807, 2.05) is 0 Å². The molecule has 2 N–H and O–H groups in total. The first-order valence-corrected chi connectivity index (χ1v) is 6.45. The first-order valence-electron chi connectivity index (χ1n) is 6.45. The van der Waals surface area contributed by atoms with Crippen molar-refractivity contribution in [3.05, 3.63) is 11.4 Å².